The van der Waals surface area contributed by atoms with Crippen LogP contribution >= 0.6 is 0 Å². The average Bonchev–Trinajstić information content (AvgIpc) is 3.37. The number of aromatic nitrogens is 3. The highest BCUT2D eigenvalue weighted by molar-refractivity contribution is 5.99. The number of fused-ring (bicyclic) bond motifs is 2. The molecule has 1 aromatic carbocycles. The number of aromatic amines is 2. The molecule has 2 aromatic heterocycles. The molecule has 3 aromatic rings. The van der Waals surface area contributed by atoms with E-state index in [4.69, 9.17) is 0 Å². The molecular weight excluding hydrogens is 336 g/mol. The summed E-state index contributed by atoms with van der Waals surface area (Å²) in [6.45, 7) is 6.40. The Balaban J connectivity index is 1.49. The van der Waals surface area contributed by atoms with Gasteiger partial charge in [-0.3, -0.25) is 9.89 Å². The van der Waals surface area contributed by atoms with Crippen LogP contribution < -0.4 is 0 Å². The molecule has 2 aliphatic rings. The molecule has 0 atom stereocenters. The molecule has 1 saturated heterocycles. The predicted molar refractivity (Wildman–Crippen MR) is 107 cm³/mol. The molecule has 2 N–H and O–H groups in total. The summed E-state index contributed by atoms with van der Waals surface area (Å²) in [5, 5.41) is 8.95. The van der Waals surface area contributed by atoms with Gasteiger partial charge >= 0.3 is 0 Å². The molecule has 0 saturated carbocycles. The largest absolute Gasteiger partial charge is 0.353 e. The molecule has 140 valence electrons. The van der Waals surface area contributed by atoms with Crippen LogP contribution in [0.3, 0.4) is 0 Å². The fourth-order valence-electron chi connectivity index (χ4n) is 4.57. The summed E-state index contributed by atoms with van der Waals surface area (Å²) in [5.74, 6) is 0.150. The van der Waals surface area contributed by atoms with Gasteiger partial charge in [0.15, 0.2) is 0 Å². The highest BCUT2D eigenvalue weighted by atomic mass is 16.2. The second-order valence-electron chi connectivity index (χ2n) is 8.85. The van der Waals surface area contributed by atoms with Crippen molar-refractivity contribution in [2.75, 3.05) is 13.1 Å². The van der Waals surface area contributed by atoms with Crippen LogP contribution in [0, 0.1) is 5.41 Å². The lowest BCUT2D eigenvalue weighted by atomic mass is 9.76. The molecule has 5 rings (SSSR count). The minimum absolute atomic E-state index is 0.150. The average molecular weight is 362 g/mol. The van der Waals surface area contributed by atoms with Gasteiger partial charge in [0.25, 0.3) is 5.91 Å². The van der Waals surface area contributed by atoms with Gasteiger partial charge < -0.3 is 9.88 Å². The van der Waals surface area contributed by atoms with Crippen LogP contribution in [0.2, 0.25) is 0 Å². The zero-order valence-corrected chi connectivity index (χ0v) is 16.1. The lowest BCUT2D eigenvalue weighted by Crippen LogP contribution is -2.27. The molecule has 1 aliphatic carbocycles. The van der Waals surface area contributed by atoms with Crippen LogP contribution in [0.25, 0.3) is 22.3 Å². The van der Waals surface area contributed by atoms with Crippen molar-refractivity contribution in [1.29, 1.82) is 0 Å². The topological polar surface area (TPSA) is 64.8 Å². The third kappa shape index (κ3) is 2.85. The van der Waals surface area contributed by atoms with E-state index in [1.807, 2.05) is 23.1 Å². The number of carbonyl (C=O) groups excluding carboxylic acids is 1. The zero-order valence-electron chi connectivity index (χ0n) is 16.1. The van der Waals surface area contributed by atoms with Crippen molar-refractivity contribution in [3.63, 3.8) is 0 Å². The standard InChI is InChI=1S/C22H26N4O/c1-22(2)8-7-16-19(13-22)24-25-20(16)18-12-15-11-14(5-6-17(15)23-18)21(27)26-9-3-4-10-26/h5-6,11-12,23H,3-4,7-10,13H2,1-2H3,(H,24,25). The van der Waals surface area contributed by atoms with Crippen molar-refractivity contribution in [1.82, 2.24) is 20.1 Å². The fourth-order valence-corrected chi connectivity index (χ4v) is 4.57. The summed E-state index contributed by atoms with van der Waals surface area (Å²) in [6, 6.07) is 8.10. The Morgan fingerprint density at radius 1 is 1.19 bits per heavy atom. The number of rotatable bonds is 2. The summed E-state index contributed by atoms with van der Waals surface area (Å²) >= 11 is 0. The Morgan fingerprint density at radius 2 is 2.00 bits per heavy atom. The molecule has 27 heavy (non-hydrogen) atoms. The van der Waals surface area contributed by atoms with Gasteiger partial charge in [-0.1, -0.05) is 13.8 Å². The van der Waals surface area contributed by atoms with Crippen molar-refractivity contribution >= 4 is 16.8 Å². The number of likely N-dealkylation sites (tertiary alicyclic amines) is 1. The van der Waals surface area contributed by atoms with Crippen LogP contribution in [0.4, 0.5) is 0 Å². The molecule has 3 heterocycles. The van der Waals surface area contributed by atoms with Crippen molar-refractivity contribution < 1.29 is 4.79 Å². The summed E-state index contributed by atoms with van der Waals surface area (Å²) in [6.07, 6.45) is 5.51. The van der Waals surface area contributed by atoms with Gasteiger partial charge in [0, 0.05) is 40.8 Å². The fraction of sp³-hybridized carbons (Fsp3) is 0.455. The Hall–Kier alpha value is -2.56. The molecule has 1 amide bonds. The summed E-state index contributed by atoms with van der Waals surface area (Å²) in [4.78, 5) is 18.1. The van der Waals surface area contributed by atoms with Crippen molar-refractivity contribution in [2.45, 2.75) is 46.0 Å². The number of benzene rings is 1. The van der Waals surface area contributed by atoms with Gasteiger partial charge in [-0.15, -0.1) is 0 Å². The molecule has 0 spiro atoms. The molecule has 1 fully saturated rings. The summed E-state index contributed by atoms with van der Waals surface area (Å²) in [7, 11) is 0. The summed E-state index contributed by atoms with van der Waals surface area (Å²) < 4.78 is 0. The van der Waals surface area contributed by atoms with Gasteiger partial charge in [-0.2, -0.15) is 5.10 Å². The minimum atomic E-state index is 0.150. The lowest BCUT2D eigenvalue weighted by molar-refractivity contribution is 0.0793. The molecule has 5 heteroatoms. The van der Waals surface area contributed by atoms with E-state index in [0.29, 0.717) is 5.41 Å². The van der Waals surface area contributed by atoms with E-state index in [9.17, 15) is 4.79 Å². The highest BCUT2D eigenvalue weighted by Crippen LogP contribution is 2.38. The third-order valence-corrected chi connectivity index (χ3v) is 6.18. The maximum Gasteiger partial charge on any atom is 0.253 e. The highest BCUT2D eigenvalue weighted by Gasteiger charge is 2.29. The molecule has 0 radical (unpaired) electrons. The van der Waals surface area contributed by atoms with E-state index in [-0.39, 0.29) is 5.91 Å². The van der Waals surface area contributed by atoms with E-state index in [0.717, 1.165) is 66.6 Å². The molecule has 5 nitrogen and oxygen atoms in total. The van der Waals surface area contributed by atoms with Crippen molar-refractivity contribution in [2.24, 2.45) is 5.41 Å². The first-order chi connectivity index (χ1) is 13.0. The van der Waals surface area contributed by atoms with E-state index < -0.39 is 0 Å². The van der Waals surface area contributed by atoms with E-state index in [1.165, 1.54) is 17.7 Å². The van der Waals surface area contributed by atoms with Crippen LogP contribution in [-0.4, -0.2) is 39.1 Å². The number of hydrogen-bond acceptors (Lipinski definition) is 2. The number of hydrogen-bond donors (Lipinski definition) is 2. The SMILES string of the molecule is CC1(C)CCc2c(-c3cc4cc(C(=O)N5CCCC5)ccc4[nH]3)n[nH]c2C1. The van der Waals surface area contributed by atoms with Crippen LogP contribution in [0.1, 0.15) is 54.7 Å². The molecule has 0 unspecified atom stereocenters. The van der Waals surface area contributed by atoms with Crippen molar-refractivity contribution in [3.05, 3.63) is 41.1 Å². The predicted octanol–water partition coefficient (Wildman–Crippen LogP) is 4.31. The van der Waals surface area contributed by atoms with Gasteiger partial charge in [0.1, 0.15) is 5.69 Å². The Morgan fingerprint density at radius 3 is 2.81 bits per heavy atom. The van der Waals surface area contributed by atoms with E-state index >= 15 is 0 Å². The first-order valence-corrected chi connectivity index (χ1v) is 9.99. The quantitative estimate of drug-likeness (QED) is 0.713. The minimum Gasteiger partial charge on any atom is -0.353 e. The normalized spacial score (nSPS) is 18.8. The molecule has 1 aliphatic heterocycles. The number of amides is 1. The number of nitrogens with zero attached hydrogens (tertiary/aromatic N) is 2. The second kappa shape index (κ2) is 5.98. The van der Waals surface area contributed by atoms with Gasteiger partial charge in [-0.25, -0.2) is 0 Å². The first kappa shape index (κ1) is 16.6. The molecule has 0 bridgehead atoms. The van der Waals surface area contributed by atoms with E-state index in [2.05, 4.69) is 35.1 Å². The summed E-state index contributed by atoms with van der Waals surface area (Å²) in [5.41, 5.74) is 6.84. The maximum atomic E-state index is 12.7. The van der Waals surface area contributed by atoms with E-state index in [1.54, 1.807) is 0 Å². The Bertz CT molecular complexity index is 1020. The lowest BCUT2D eigenvalue weighted by Gasteiger charge is -2.28. The van der Waals surface area contributed by atoms with Crippen LogP contribution in [0.5, 0.6) is 0 Å². The monoisotopic (exact) mass is 362 g/mol. The van der Waals surface area contributed by atoms with Gasteiger partial charge in [-0.05, 0) is 61.8 Å². The van der Waals surface area contributed by atoms with Crippen LogP contribution in [0.15, 0.2) is 24.3 Å². The number of nitrogens with one attached hydrogen (secondary N) is 2. The van der Waals surface area contributed by atoms with Crippen LogP contribution in [-0.2, 0) is 12.8 Å². The smallest absolute Gasteiger partial charge is 0.253 e. The Kier molecular flexibility index (Phi) is 3.67. The van der Waals surface area contributed by atoms with Crippen molar-refractivity contribution in [3.8, 4) is 11.4 Å². The zero-order chi connectivity index (χ0) is 18.6. The maximum absolute atomic E-state index is 12.7. The number of H-pyrrole nitrogens is 2. The second-order valence-corrected chi connectivity index (χ2v) is 8.85. The third-order valence-electron chi connectivity index (χ3n) is 6.18. The number of carbonyl (C=O) groups is 1. The Labute approximate surface area is 159 Å². The first-order valence-electron chi connectivity index (χ1n) is 9.99. The molecular formula is C22H26N4O. The van der Waals surface area contributed by atoms with Gasteiger partial charge in [0.2, 0.25) is 0 Å². The van der Waals surface area contributed by atoms with Gasteiger partial charge in [0.05, 0.1) is 5.69 Å².